The molecule has 10 nitrogen and oxygen atoms in total. The van der Waals surface area contributed by atoms with E-state index in [1.165, 1.54) is 6.20 Å². The van der Waals surface area contributed by atoms with Crippen LogP contribution in [0.4, 0.5) is 5.69 Å². The number of amides is 1. The van der Waals surface area contributed by atoms with Gasteiger partial charge in [0.2, 0.25) is 0 Å². The molecule has 0 aliphatic heterocycles. The van der Waals surface area contributed by atoms with Crippen molar-refractivity contribution in [3.8, 4) is 6.07 Å². The molecule has 0 radical (unpaired) electrons. The summed E-state index contributed by atoms with van der Waals surface area (Å²) in [5.41, 5.74) is 12.6. The van der Waals surface area contributed by atoms with Crippen LogP contribution in [0.15, 0.2) is 69.3 Å². The number of nitriles is 1. The Morgan fingerprint density at radius 1 is 1.21 bits per heavy atom. The second kappa shape index (κ2) is 10.6. The molecule has 2 aromatic carbocycles. The number of allylic oxidation sites excluding steroid dienone is 1. The van der Waals surface area contributed by atoms with E-state index < -0.39 is 23.2 Å². The van der Waals surface area contributed by atoms with Gasteiger partial charge < -0.3 is 21.8 Å². The Morgan fingerprint density at radius 3 is 2.71 bits per heavy atom. The second-order valence-electron chi connectivity index (χ2n) is 7.38. The summed E-state index contributed by atoms with van der Waals surface area (Å²) in [4.78, 5) is 44.3. The van der Waals surface area contributed by atoms with Crippen molar-refractivity contribution in [2.24, 2.45) is 10.7 Å². The largest absolute Gasteiger partial charge is 0.404 e. The molecule has 0 aliphatic rings. The second-order valence-corrected chi connectivity index (χ2v) is 7.38. The fourth-order valence-corrected chi connectivity index (χ4v) is 3.24. The Balaban J connectivity index is 1.76. The number of carbonyl (C=O) groups excluding carboxylic acids is 1. The van der Waals surface area contributed by atoms with Gasteiger partial charge in [-0.25, -0.2) is 4.79 Å². The van der Waals surface area contributed by atoms with Gasteiger partial charge in [0.1, 0.15) is 11.4 Å². The number of nitrogens with one attached hydrogen (secondary N) is 3. The van der Waals surface area contributed by atoms with Gasteiger partial charge in [-0.3, -0.25) is 19.6 Å². The van der Waals surface area contributed by atoms with Crippen LogP contribution in [0, 0.1) is 11.3 Å². The van der Waals surface area contributed by atoms with Crippen molar-refractivity contribution >= 4 is 23.4 Å². The molecule has 0 saturated heterocycles. The molecule has 34 heavy (non-hydrogen) atoms. The van der Waals surface area contributed by atoms with E-state index in [1.807, 2.05) is 35.3 Å². The highest BCUT2D eigenvalue weighted by molar-refractivity contribution is 6.09. The molecule has 3 rings (SSSR count). The number of aromatic amines is 2. The first-order valence-electron chi connectivity index (χ1n) is 10.3. The van der Waals surface area contributed by atoms with E-state index >= 15 is 0 Å². The van der Waals surface area contributed by atoms with Crippen LogP contribution in [0.3, 0.4) is 0 Å². The first kappa shape index (κ1) is 23.7. The molecule has 1 heterocycles. The zero-order valence-corrected chi connectivity index (χ0v) is 18.3. The molecule has 7 N–H and O–H groups in total. The van der Waals surface area contributed by atoms with Gasteiger partial charge in [-0.05, 0) is 35.7 Å². The van der Waals surface area contributed by atoms with Crippen molar-refractivity contribution in [2.75, 3.05) is 5.73 Å². The molecule has 0 aliphatic carbocycles. The highest BCUT2D eigenvalue weighted by Gasteiger charge is 2.17. The molecule has 1 aromatic heterocycles. The Hall–Kier alpha value is -4.91. The van der Waals surface area contributed by atoms with Crippen LogP contribution in [0.1, 0.15) is 45.7 Å². The maximum atomic E-state index is 12.6. The quantitative estimate of drug-likeness (QED) is 0.335. The van der Waals surface area contributed by atoms with Gasteiger partial charge in [-0.1, -0.05) is 36.4 Å². The number of nitrogen functional groups attached to an aromatic ring is 1. The fraction of sp³-hybridized carbons (Fsp3) is 0.125. The first-order valence-corrected chi connectivity index (χ1v) is 10.3. The summed E-state index contributed by atoms with van der Waals surface area (Å²) in [7, 11) is 0. The zero-order valence-electron chi connectivity index (χ0n) is 18.3. The number of benzene rings is 2. The minimum absolute atomic E-state index is 0.302. The predicted octanol–water partition coefficient (Wildman–Crippen LogP) is 1.58. The third-order valence-electron chi connectivity index (χ3n) is 5.08. The third-order valence-corrected chi connectivity index (χ3v) is 5.08. The minimum Gasteiger partial charge on any atom is -0.404 e. The molecule has 10 heteroatoms. The SMILES string of the molecule is C[C@@H](NC(=O)c1[nH]c(=O)[nH]c(=O)c1N)c1cccc(/C(C=NCc2ccccc2C#N)=C/N)c1. The normalized spacial score (nSPS) is 12.3. The van der Waals surface area contributed by atoms with E-state index in [0.717, 1.165) is 16.7 Å². The van der Waals surface area contributed by atoms with Crippen LogP contribution < -0.4 is 28.0 Å². The summed E-state index contributed by atoms with van der Waals surface area (Å²) < 4.78 is 0. The average molecular weight is 457 g/mol. The number of rotatable bonds is 7. The van der Waals surface area contributed by atoms with Crippen LogP contribution in [0.25, 0.3) is 5.57 Å². The fourth-order valence-electron chi connectivity index (χ4n) is 3.24. The average Bonchev–Trinajstić information content (AvgIpc) is 2.84. The van der Waals surface area contributed by atoms with Crippen molar-refractivity contribution < 1.29 is 4.79 Å². The lowest BCUT2D eigenvalue weighted by Gasteiger charge is -2.16. The van der Waals surface area contributed by atoms with Crippen LogP contribution >= 0.6 is 0 Å². The lowest BCUT2D eigenvalue weighted by Crippen LogP contribution is -2.34. The van der Waals surface area contributed by atoms with Gasteiger partial charge in [0.15, 0.2) is 0 Å². The van der Waals surface area contributed by atoms with Gasteiger partial charge in [0.25, 0.3) is 11.5 Å². The number of nitrogens with zero attached hydrogens (tertiary/aromatic N) is 2. The van der Waals surface area contributed by atoms with E-state index in [4.69, 9.17) is 11.5 Å². The molecule has 0 fully saturated rings. The third kappa shape index (κ3) is 5.46. The van der Waals surface area contributed by atoms with Crippen LogP contribution in [0.5, 0.6) is 0 Å². The van der Waals surface area contributed by atoms with E-state index in [1.54, 1.807) is 31.3 Å². The number of anilines is 1. The summed E-state index contributed by atoms with van der Waals surface area (Å²) in [6.45, 7) is 2.07. The Labute approximate surface area is 194 Å². The summed E-state index contributed by atoms with van der Waals surface area (Å²) in [5, 5.41) is 11.9. The Bertz CT molecular complexity index is 1430. The number of aromatic nitrogens is 2. The van der Waals surface area contributed by atoms with Crippen LogP contribution in [0.2, 0.25) is 0 Å². The van der Waals surface area contributed by atoms with E-state index in [-0.39, 0.29) is 11.4 Å². The van der Waals surface area contributed by atoms with E-state index in [2.05, 4.69) is 21.4 Å². The molecular formula is C24H23N7O3. The Kier molecular flexibility index (Phi) is 7.41. The number of nitrogens with two attached hydrogens (primary N) is 2. The molecule has 1 atom stereocenters. The zero-order chi connectivity index (χ0) is 24.7. The standard InChI is InChI=1S/C24H23N7O3/c1-14(29-23(33)21-20(27)22(32)31-24(34)30-21)15-7-4-8-16(9-15)19(11-26)13-28-12-18-6-3-2-5-17(18)10-25/h2-9,11,13-14H,12,26-27H2,1H3,(H,29,33)(H2,30,31,32,34)/b19-11+,28-13?/t14-/m1/s1. The first-order chi connectivity index (χ1) is 16.3. The summed E-state index contributed by atoms with van der Waals surface area (Å²) >= 11 is 0. The lowest BCUT2D eigenvalue weighted by atomic mass is 10.0. The van der Waals surface area contributed by atoms with Crippen LogP contribution in [-0.2, 0) is 6.54 Å². The van der Waals surface area contributed by atoms with Crippen molar-refractivity contribution in [2.45, 2.75) is 19.5 Å². The maximum absolute atomic E-state index is 12.6. The molecule has 0 bridgehead atoms. The number of aliphatic imine (C=N–C) groups is 1. The Morgan fingerprint density at radius 2 is 1.97 bits per heavy atom. The van der Waals surface area contributed by atoms with Crippen molar-refractivity contribution in [1.82, 2.24) is 15.3 Å². The van der Waals surface area contributed by atoms with Crippen LogP contribution in [-0.4, -0.2) is 22.1 Å². The lowest BCUT2D eigenvalue weighted by molar-refractivity contribution is 0.0935. The predicted molar refractivity (Wildman–Crippen MR) is 130 cm³/mol. The molecule has 0 unspecified atom stereocenters. The molecular weight excluding hydrogens is 434 g/mol. The highest BCUT2D eigenvalue weighted by atomic mass is 16.2. The van der Waals surface area contributed by atoms with Crippen molar-refractivity contribution in [3.63, 3.8) is 0 Å². The molecule has 0 spiro atoms. The number of carbonyl (C=O) groups is 1. The molecule has 172 valence electrons. The van der Waals surface area contributed by atoms with Gasteiger partial charge in [0, 0.05) is 18.0 Å². The van der Waals surface area contributed by atoms with Gasteiger partial charge in [0.05, 0.1) is 24.2 Å². The maximum Gasteiger partial charge on any atom is 0.326 e. The number of hydrogen-bond donors (Lipinski definition) is 5. The molecule has 1 amide bonds. The van der Waals surface area contributed by atoms with Gasteiger partial charge in [-0.2, -0.15) is 5.26 Å². The van der Waals surface area contributed by atoms with Crippen molar-refractivity contribution in [3.05, 3.63) is 104 Å². The summed E-state index contributed by atoms with van der Waals surface area (Å²) in [6.07, 6.45) is 3.04. The minimum atomic E-state index is -0.835. The number of hydrogen-bond acceptors (Lipinski definition) is 7. The van der Waals surface area contributed by atoms with E-state index in [9.17, 15) is 19.6 Å². The smallest absolute Gasteiger partial charge is 0.326 e. The van der Waals surface area contributed by atoms with Gasteiger partial charge >= 0.3 is 5.69 Å². The summed E-state index contributed by atoms with van der Waals surface area (Å²) in [6, 6.07) is 16.2. The topological polar surface area (TPSA) is 183 Å². The van der Waals surface area contributed by atoms with Crippen molar-refractivity contribution in [1.29, 1.82) is 5.26 Å². The van der Waals surface area contributed by atoms with E-state index in [0.29, 0.717) is 17.7 Å². The monoisotopic (exact) mass is 457 g/mol. The van der Waals surface area contributed by atoms with Gasteiger partial charge in [-0.15, -0.1) is 0 Å². The number of H-pyrrole nitrogens is 2. The molecule has 0 saturated carbocycles. The summed E-state index contributed by atoms with van der Waals surface area (Å²) in [5.74, 6) is -0.689. The molecule has 3 aromatic rings. The highest BCUT2D eigenvalue weighted by Crippen LogP contribution is 2.20.